The molecular weight excluding hydrogens is 222 g/mol. The highest BCUT2D eigenvalue weighted by atomic mass is 16.5. The molecule has 2 nitrogen and oxygen atoms in total. The van der Waals surface area contributed by atoms with E-state index in [0.717, 1.165) is 24.3 Å². The number of nitrogen functional groups attached to an aromatic ring is 1. The van der Waals surface area contributed by atoms with Crippen molar-refractivity contribution < 1.29 is 4.74 Å². The highest BCUT2D eigenvalue weighted by Gasteiger charge is 2.01. The lowest BCUT2D eigenvalue weighted by Crippen LogP contribution is -1.98. The summed E-state index contributed by atoms with van der Waals surface area (Å²) in [5.41, 5.74) is 9.12. The molecule has 94 valence electrons. The molecule has 0 bridgehead atoms. The fraction of sp³-hybridized carbons (Fsp3) is 0.250. The van der Waals surface area contributed by atoms with Crippen molar-refractivity contribution in [3.63, 3.8) is 0 Å². The smallest absolute Gasteiger partial charge is 0.120 e. The minimum atomic E-state index is 0.594. The Labute approximate surface area is 108 Å². The SMILES string of the molecule is CCCc1cc(OCc2ccccc2)ccc1N. The van der Waals surface area contributed by atoms with E-state index in [-0.39, 0.29) is 0 Å². The summed E-state index contributed by atoms with van der Waals surface area (Å²) in [4.78, 5) is 0. The van der Waals surface area contributed by atoms with Crippen molar-refractivity contribution in [2.45, 2.75) is 26.4 Å². The number of benzene rings is 2. The summed E-state index contributed by atoms with van der Waals surface area (Å²) < 4.78 is 5.78. The fourth-order valence-corrected chi connectivity index (χ4v) is 1.90. The molecule has 0 fully saturated rings. The number of nitrogens with two attached hydrogens (primary N) is 1. The zero-order chi connectivity index (χ0) is 12.8. The highest BCUT2D eigenvalue weighted by Crippen LogP contribution is 2.21. The van der Waals surface area contributed by atoms with Crippen molar-refractivity contribution in [1.82, 2.24) is 0 Å². The highest BCUT2D eigenvalue weighted by molar-refractivity contribution is 5.50. The van der Waals surface area contributed by atoms with Crippen molar-refractivity contribution in [1.29, 1.82) is 0 Å². The van der Waals surface area contributed by atoms with Gasteiger partial charge in [0.15, 0.2) is 0 Å². The average Bonchev–Trinajstić information content (AvgIpc) is 2.41. The molecule has 0 aliphatic heterocycles. The van der Waals surface area contributed by atoms with Gasteiger partial charge in [0, 0.05) is 5.69 Å². The Morgan fingerprint density at radius 2 is 1.83 bits per heavy atom. The first-order valence-corrected chi connectivity index (χ1v) is 6.34. The Kier molecular flexibility index (Phi) is 4.24. The molecule has 0 amide bonds. The van der Waals surface area contributed by atoms with Crippen LogP contribution in [0.4, 0.5) is 5.69 Å². The molecule has 0 spiro atoms. The molecule has 0 saturated carbocycles. The van der Waals surface area contributed by atoms with Crippen molar-refractivity contribution in [3.05, 3.63) is 59.7 Å². The number of aryl methyl sites for hydroxylation is 1. The summed E-state index contributed by atoms with van der Waals surface area (Å²) in [5, 5.41) is 0. The molecular formula is C16H19NO. The molecule has 2 aromatic rings. The Balaban J connectivity index is 2.03. The van der Waals surface area contributed by atoms with Crippen LogP contribution in [0.5, 0.6) is 5.75 Å². The van der Waals surface area contributed by atoms with Gasteiger partial charge in [0.1, 0.15) is 12.4 Å². The Morgan fingerprint density at radius 1 is 1.06 bits per heavy atom. The second-order valence-electron chi connectivity index (χ2n) is 4.38. The molecule has 0 unspecified atom stereocenters. The van der Waals surface area contributed by atoms with Crippen LogP contribution >= 0.6 is 0 Å². The molecule has 2 rings (SSSR count). The van der Waals surface area contributed by atoms with Gasteiger partial charge in [0.2, 0.25) is 0 Å². The quantitative estimate of drug-likeness (QED) is 0.808. The van der Waals surface area contributed by atoms with Crippen molar-refractivity contribution >= 4 is 5.69 Å². The van der Waals surface area contributed by atoms with Crippen LogP contribution < -0.4 is 10.5 Å². The van der Waals surface area contributed by atoms with E-state index in [4.69, 9.17) is 10.5 Å². The zero-order valence-corrected chi connectivity index (χ0v) is 10.7. The molecule has 0 atom stereocenters. The van der Waals surface area contributed by atoms with E-state index in [1.54, 1.807) is 0 Å². The minimum Gasteiger partial charge on any atom is -0.489 e. The van der Waals surface area contributed by atoms with E-state index in [0.29, 0.717) is 6.61 Å². The second-order valence-corrected chi connectivity index (χ2v) is 4.38. The largest absolute Gasteiger partial charge is 0.489 e. The lowest BCUT2D eigenvalue weighted by molar-refractivity contribution is 0.306. The van der Waals surface area contributed by atoms with Gasteiger partial charge in [-0.1, -0.05) is 43.7 Å². The Hall–Kier alpha value is -1.96. The molecule has 2 N–H and O–H groups in total. The molecule has 0 heterocycles. The molecule has 0 aliphatic carbocycles. The van der Waals surface area contributed by atoms with E-state index in [9.17, 15) is 0 Å². The number of ether oxygens (including phenoxy) is 1. The normalized spacial score (nSPS) is 10.3. The van der Waals surface area contributed by atoms with E-state index in [1.165, 1.54) is 11.1 Å². The topological polar surface area (TPSA) is 35.2 Å². The first kappa shape index (κ1) is 12.5. The van der Waals surface area contributed by atoms with Crippen molar-refractivity contribution in [3.8, 4) is 5.75 Å². The van der Waals surface area contributed by atoms with Gasteiger partial charge in [-0.3, -0.25) is 0 Å². The summed E-state index contributed by atoms with van der Waals surface area (Å²) in [7, 11) is 0. The fourth-order valence-electron chi connectivity index (χ4n) is 1.90. The van der Waals surface area contributed by atoms with Crippen molar-refractivity contribution in [2.24, 2.45) is 0 Å². The van der Waals surface area contributed by atoms with Gasteiger partial charge in [0.25, 0.3) is 0 Å². The zero-order valence-electron chi connectivity index (χ0n) is 10.7. The maximum absolute atomic E-state index is 5.93. The second kappa shape index (κ2) is 6.10. The number of hydrogen-bond acceptors (Lipinski definition) is 2. The van der Waals surface area contributed by atoms with Gasteiger partial charge in [-0.05, 0) is 35.7 Å². The van der Waals surface area contributed by atoms with Gasteiger partial charge in [0.05, 0.1) is 0 Å². The van der Waals surface area contributed by atoms with Crippen LogP contribution in [0, 0.1) is 0 Å². The van der Waals surface area contributed by atoms with Crippen LogP contribution in [0.15, 0.2) is 48.5 Å². The summed E-state index contributed by atoms with van der Waals surface area (Å²) in [5.74, 6) is 0.886. The van der Waals surface area contributed by atoms with Crippen LogP contribution in [0.3, 0.4) is 0 Å². The monoisotopic (exact) mass is 241 g/mol. The molecule has 0 aromatic heterocycles. The summed E-state index contributed by atoms with van der Waals surface area (Å²) in [6.45, 7) is 2.74. The van der Waals surface area contributed by atoms with E-state index < -0.39 is 0 Å². The average molecular weight is 241 g/mol. The molecule has 2 aromatic carbocycles. The van der Waals surface area contributed by atoms with Gasteiger partial charge in [-0.25, -0.2) is 0 Å². The maximum atomic E-state index is 5.93. The van der Waals surface area contributed by atoms with Crippen LogP contribution in [0.1, 0.15) is 24.5 Å². The summed E-state index contributed by atoms with van der Waals surface area (Å²) >= 11 is 0. The van der Waals surface area contributed by atoms with Gasteiger partial charge in [-0.2, -0.15) is 0 Å². The lowest BCUT2D eigenvalue weighted by Gasteiger charge is -2.10. The molecule has 18 heavy (non-hydrogen) atoms. The standard InChI is InChI=1S/C16H19NO/c1-2-6-14-11-15(9-10-16(14)17)18-12-13-7-4-3-5-8-13/h3-5,7-11H,2,6,12,17H2,1H3. The first-order chi connectivity index (χ1) is 8.79. The van der Waals surface area contributed by atoms with Crippen LogP contribution in [-0.4, -0.2) is 0 Å². The summed E-state index contributed by atoms with van der Waals surface area (Å²) in [6.07, 6.45) is 2.08. The number of rotatable bonds is 5. The van der Waals surface area contributed by atoms with E-state index >= 15 is 0 Å². The molecule has 0 aliphatic rings. The first-order valence-electron chi connectivity index (χ1n) is 6.34. The van der Waals surface area contributed by atoms with Gasteiger partial charge < -0.3 is 10.5 Å². The van der Waals surface area contributed by atoms with Crippen LogP contribution in [0.2, 0.25) is 0 Å². The molecule has 0 saturated heterocycles. The van der Waals surface area contributed by atoms with Crippen LogP contribution in [-0.2, 0) is 13.0 Å². The predicted molar refractivity (Wildman–Crippen MR) is 75.6 cm³/mol. The third-order valence-electron chi connectivity index (χ3n) is 2.88. The Bertz CT molecular complexity index is 494. The molecule has 2 heteroatoms. The predicted octanol–water partition coefficient (Wildman–Crippen LogP) is 3.80. The van der Waals surface area contributed by atoms with Crippen molar-refractivity contribution in [2.75, 3.05) is 5.73 Å². The van der Waals surface area contributed by atoms with E-state index in [1.807, 2.05) is 36.4 Å². The molecule has 0 radical (unpaired) electrons. The Morgan fingerprint density at radius 3 is 2.56 bits per heavy atom. The third-order valence-corrected chi connectivity index (χ3v) is 2.88. The minimum absolute atomic E-state index is 0.594. The van der Waals surface area contributed by atoms with Gasteiger partial charge >= 0.3 is 0 Å². The number of anilines is 1. The number of hydrogen-bond donors (Lipinski definition) is 1. The lowest BCUT2D eigenvalue weighted by atomic mass is 10.1. The van der Waals surface area contributed by atoms with Gasteiger partial charge in [-0.15, -0.1) is 0 Å². The maximum Gasteiger partial charge on any atom is 0.120 e. The summed E-state index contributed by atoms with van der Waals surface area (Å²) in [6, 6.07) is 16.1. The van der Waals surface area contributed by atoms with Crippen LogP contribution in [0.25, 0.3) is 0 Å². The van der Waals surface area contributed by atoms with E-state index in [2.05, 4.69) is 19.1 Å². The third kappa shape index (κ3) is 3.27.